The highest BCUT2D eigenvalue weighted by atomic mass is 19.3. The molecule has 0 spiro atoms. The molecule has 1 aliphatic carbocycles. The summed E-state index contributed by atoms with van der Waals surface area (Å²) in [4.78, 5) is 25.9. The van der Waals surface area contributed by atoms with Crippen molar-refractivity contribution in [2.75, 3.05) is 7.05 Å². The molecule has 122 valence electrons. The van der Waals surface area contributed by atoms with E-state index in [1.54, 1.807) is 25.2 Å². The monoisotopic (exact) mass is 322 g/mol. The topological polar surface area (TPSA) is 58.6 Å². The number of nitrogens with one attached hydrogen (secondary N) is 1. The smallest absolute Gasteiger partial charge is 0.387 e. The van der Waals surface area contributed by atoms with Crippen molar-refractivity contribution in [1.29, 1.82) is 0 Å². The summed E-state index contributed by atoms with van der Waals surface area (Å²) in [6, 6.07) is 5.08. The van der Waals surface area contributed by atoms with E-state index in [4.69, 9.17) is 0 Å². The zero-order valence-electron chi connectivity index (χ0n) is 12.5. The normalized spacial score (nSPS) is 21.4. The van der Waals surface area contributed by atoms with Gasteiger partial charge in [-0.3, -0.25) is 4.79 Å². The number of halogens is 2. The van der Waals surface area contributed by atoms with Gasteiger partial charge in [0.05, 0.1) is 6.04 Å². The second kappa shape index (κ2) is 5.98. The Morgan fingerprint density at radius 2 is 2.00 bits per heavy atom. The van der Waals surface area contributed by atoms with Crippen LogP contribution in [0.4, 0.5) is 13.6 Å². The Hall–Kier alpha value is -2.44. The van der Waals surface area contributed by atoms with Crippen LogP contribution in [0.2, 0.25) is 0 Å². The summed E-state index contributed by atoms with van der Waals surface area (Å²) >= 11 is 0. The number of allylic oxidation sites excluding steroid dienone is 1. The first-order valence-corrected chi connectivity index (χ1v) is 7.33. The Morgan fingerprint density at radius 1 is 1.26 bits per heavy atom. The van der Waals surface area contributed by atoms with Crippen LogP contribution < -0.4 is 10.1 Å². The lowest BCUT2D eigenvalue weighted by Gasteiger charge is -2.37. The van der Waals surface area contributed by atoms with Crippen molar-refractivity contribution in [1.82, 2.24) is 10.2 Å². The predicted octanol–water partition coefficient (Wildman–Crippen LogP) is 2.99. The lowest BCUT2D eigenvalue weighted by atomic mass is 9.84. The summed E-state index contributed by atoms with van der Waals surface area (Å²) in [6.45, 7) is -2.98. The van der Waals surface area contributed by atoms with Gasteiger partial charge >= 0.3 is 12.6 Å². The number of nitrogens with zero attached hydrogens (tertiary/aromatic N) is 1. The fraction of sp³-hybridized carbons (Fsp3) is 0.375. The molecule has 1 atom stereocenters. The molecule has 23 heavy (non-hydrogen) atoms. The van der Waals surface area contributed by atoms with E-state index in [1.807, 2.05) is 0 Å². The molecule has 0 bridgehead atoms. The number of alkyl halides is 2. The number of Topliss-reactive ketones (excluding diaryl/α,β-unsaturated/α-hetero) is 1. The fourth-order valence-corrected chi connectivity index (χ4v) is 3.09. The van der Waals surface area contributed by atoms with E-state index < -0.39 is 12.7 Å². The maximum Gasteiger partial charge on any atom is 0.387 e. The SMILES string of the molecule is CN1C(=O)NC(c2ccccc2OC(F)F)C2=C1CCCC2=O. The Labute approximate surface area is 131 Å². The number of carbonyl (C=O) groups excluding carboxylic acids is 2. The molecule has 0 radical (unpaired) electrons. The van der Waals surface area contributed by atoms with Crippen LogP contribution >= 0.6 is 0 Å². The Balaban J connectivity index is 2.10. The second-order valence-electron chi connectivity index (χ2n) is 5.49. The molecular weight excluding hydrogens is 306 g/mol. The van der Waals surface area contributed by atoms with Crippen LogP contribution in [-0.2, 0) is 4.79 Å². The van der Waals surface area contributed by atoms with Crippen molar-refractivity contribution in [3.8, 4) is 5.75 Å². The molecule has 2 amide bonds. The van der Waals surface area contributed by atoms with Gasteiger partial charge in [0.25, 0.3) is 0 Å². The molecule has 1 aromatic rings. The maximum absolute atomic E-state index is 12.6. The Kier molecular flexibility index (Phi) is 4.02. The van der Waals surface area contributed by atoms with E-state index in [1.165, 1.54) is 11.0 Å². The Bertz CT molecular complexity index is 688. The number of carbonyl (C=O) groups is 2. The average Bonchev–Trinajstić information content (AvgIpc) is 2.51. The number of amides is 2. The highest BCUT2D eigenvalue weighted by molar-refractivity contribution is 6.01. The van der Waals surface area contributed by atoms with Crippen LogP contribution in [0.15, 0.2) is 35.5 Å². The van der Waals surface area contributed by atoms with Gasteiger partial charge in [-0.15, -0.1) is 0 Å². The summed E-state index contributed by atoms with van der Waals surface area (Å²) < 4.78 is 29.8. The number of hydrogen-bond acceptors (Lipinski definition) is 3. The molecule has 5 nitrogen and oxygen atoms in total. The molecule has 0 fully saturated rings. The highest BCUT2D eigenvalue weighted by Crippen LogP contribution is 2.39. The van der Waals surface area contributed by atoms with Crippen molar-refractivity contribution in [2.45, 2.75) is 31.9 Å². The van der Waals surface area contributed by atoms with E-state index in [2.05, 4.69) is 10.1 Å². The number of benzene rings is 1. The van der Waals surface area contributed by atoms with Gasteiger partial charge in [0.2, 0.25) is 0 Å². The zero-order chi connectivity index (χ0) is 16.6. The van der Waals surface area contributed by atoms with Crippen molar-refractivity contribution < 1.29 is 23.1 Å². The van der Waals surface area contributed by atoms with Gasteiger partial charge in [-0.25, -0.2) is 4.79 Å². The molecule has 2 aliphatic rings. The van der Waals surface area contributed by atoms with E-state index in [0.717, 1.165) is 0 Å². The first-order valence-electron chi connectivity index (χ1n) is 7.33. The maximum atomic E-state index is 12.6. The van der Waals surface area contributed by atoms with Crippen LogP contribution in [-0.4, -0.2) is 30.4 Å². The van der Waals surface area contributed by atoms with Crippen LogP contribution in [0, 0.1) is 0 Å². The summed E-state index contributed by atoms with van der Waals surface area (Å²) in [5, 5.41) is 2.71. The van der Waals surface area contributed by atoms with Gasteiger partial charge in [0.15, 0.2) is 5.78 Å². The van der Waals surface area contributed by atoms with Crippen molar-refractivity contribution in [3.05, 3.63) is 41.1 Å². The number of urea groups is 1. The van der Waals surface area contributed by atoms with Gasteiger partial charge in [0.1, 0.15) is 5.75 Å². The third kappa shape index (κ3) is 2.78. The van der Waals surface area contributed by atoms with Crippen LogP contribution in [0.25, 0.3) is 0 Å². The molecule has 1 unspecified atom stereocenters. The van der Waals surface area contributed by atoms with E-state index in [9.17, 15) is 18.4 Å². The first kappa shape index (κ1) is 15.5. The number of ether oxygens (including phenoxy) is 1. The summed E-state index contributed by atoms with van der Waals surface area (Å²) in [7, 11) is 1.60. The zero-order valence-corrected chi connectivity index (χ0v) is 12.5. The van der Waals surface area contributed by atoms with Gasteiger partial charge in [-0.05, 0) is 18.9 Å². The van der Waals surface area contributed by atoms with Gasteiger partial charge in [-0.2, -0.15) is 8.78 Å². The van der Waals surface area contributed by atoms with E-state index >= 15 is 0 Å². The lowest BCUT2D eigenvalue weighted by Crippen LogP contribution is -2.47. The lowest BCUT2D eigenvalue weighted by molar-refractivity contribution is -0.116. The first-order chi connectivity index (χ1) is 11.0. The second-order valence-corrected chi connectivity index (χ2v) is 5.49. The van der Waals surface area contributed by atoms with Crippen molar-refractivity contribution in [2.24, 2.45) is 0 Å². The Morgan fingerprint density at radius 3 is 2.74 bits per heavy atom. The predicted molar refractivity (Wildman–Crippen MR) is 78.0 cm³/mol. The van der Waals surface area contributed by atoms with Crippen LogP contribution in [0.3, 0.4) is 0 Å². The third-order valence-corrected chi connectivity index (χ3v) is 4.14. The van der Waals surface area contributed by atoms with Gasteiger partial charge in [0, 0.05) is 30.3 Å². The number of para-hydroxylation sites is 1. The molecule has 1 aliphatic heterocycles. The molecule has 0 saturated carbocycles. The molecule has 1 aromatic carbocycles. The van der Waals surface area contributed by atoms with E-state index in [-0.39, 0.29) is 17.6 Å². The van der Waals surface area contributed by atoms with Crippen molar-refractivity contribution >= 4 is 11.8 Å². The van der Waals surface area contributed by atoms with Crippen LogP contribution in [0.1, 0.15) is 30.9 Å². The minimum absolute atomic E-state index is 0.0393. The molecular formula is C16H16F2N2O3. The van der Waals surface area contributed by atoms with Crippen molar-refractivity contribution in [3.63, 3.8) is 0 Å². The molecule has 0 saturated heterocycles. The van der Waals surface area contributed by atoms with Gasteiger partial charge < -0.3 is 15.0 Å². The molecule has 1 N–H and O–H groups in total. The summed E-state index contributed by atoms with van der Waals surface area (Å²) in [5.41, 5.74) is 1.47. The average molecular weight is 322 g/mol. The molecule has 7 heteroatoms. The summed E-state index contributed by atoms with van der Waals surface area (Å²) in [5.74, 6) is -0.113. The minimum Gasteiger partial charge on any atom is -0.434 e. The minimum atomic E-state index is -2.98. The standard InChI is InChI=1S/C16H16F2N2O3/c1-20-10-6-4-7-11(21)13(10)14(19-16(20)22)9-5-2-3-8-12(9)23-15(17)18/h2-3,5,8,14-15H,4,6-7H2,1H3,(H,19,22). The number of rotatable bonds is 3. The molecule has 3 rings (SSSR count). The van der Waals surface area contributed by atoms with Gasteiger partial charge in [-0.1, -0.05) is 18.2 Å². The highest BCUT2D eigenvalue weighted by Gasteiger charge is 2.38. The molecule has 1 heterocycles. The largest absolute Gasteiger partial charge is 0.434 e. The third-order valence-electron chi connectivity index (χ3n) is 4.14. The quantitative estimate of drug-likeness (QED) is 0.931. The molecule has 0 aromatic heterocycles. The van der Waals surface area contributed by atoms with E-state index in [0.29, 0.717) is 36.1 Å². The number of ketones is 1. The van der Waals surface area contributed by atoms with Crippen LogP contribution in [0.5, 0.6) is 5.75 Å². The number of hydrogen-bond donors (Lipinski definition) is 1. The fourth-order valence-electron chi connectivity index (χ4n) is 3.09. The summed E-state index contributed by atoms with van der Waals surface area (Å²) in [6.07, 6.45) is 1.67.